The summed E-state index contributed by atoms with van der Waals surface area (Å²) in [6.07, 6.45) is 0. The standard InChI is InChI=1S/C17H15BrN4O2/c1-22(17(23)19-14-8-3-2-4-9-14)11-15-20-16(21-24-15)12-6-5-7-13(18)10-12/h2-10H,11H2,1H3,(H,19,23). The lowest BCUT2D eigenvalue weighted by Gasteiger charge is -2.15. The first kappa shape index (κ1) is 16.2. The zero-order chi connectivity index (χ0) is 16.9. The lowest BCUT2D eigenvalue weighted by Crippen LogP contribution is -2.30. The molecule has 0 spiro atoms. The molecule has 3 rings (SSSR count). The normalized spacial score (nSPS) is 10.4. The molecule has 0 saturated heterocycles. The van der Waals surface area contributed by atoms with Crippen molar-refractivity contribution >= 4 is 27.6 Å². The van der Waals surface area contributed by atoms with Crippen LogP contribution in [0.15, 0.2) is 63.6 Å². The molecule has 24 heavy (non-hydrogen) atoms. The highest BCUT2D eigenvalue weighted by Crippen LogP contribution is 2.20. The third-order valence-corrected chi connectivity index (χ3v) is 3.79. The third-order valence-electron chi connectivity index (χ3n) is 3.30. The van der Waals surface area contributed by atoms with Crippen LogP contribution in [-0.2, 0) is 6.54 Å². The van der Waals surface area contributed by atoms with E-state index >= 15 is 0 Å². The van der Waals surface area contributed by atoms with Crippen molar-refractivity contribution in [1.82, 2.24) is 15.0 Å². The van der Waals surface area contributed by atoms with Crippen molar-refractivity contribution in [1.29, 1.82) is 0 Å². The summed E-state index contributed by atoms with van der Waals surface area (Å²) in [6.45, 7) is 0.222. The van der Waals surface area contributed by atoms with Crippen LogP contribution in [0.25, 0.3) is 11.4 Å². The molecular formula is C17H15BrN4O2. The predicted molar refractivity (Wildman–Crippen MR) is 94.4 cm³/mol. The first-order chi connectivity index (χ1) is 11.6. The fourth-order valence-corrected chi connectivity index (χ4v) is 2.48. The Balaban J connectivity index is 1.65. The van der Waals surface area contributed by atoms with Crippen LogP contribution < -0.4 is 5.32 Å². The molecule has 0 aliphatic heterocycles. The van der Waals surface area contributed by atoms with E-state index in [9.17, 15) is 4.79 Å². The van der Waals surface area contributed by atoms with Crippen molar-refractivity contribution in [2.45, 2.75) is 6.54 Å². The summed E-state index contributed by atoms with van der Waals surface area (Å²) in [5, 5.41) is 6.76. The van der Waals surface area contributed by atoms with E-state index in [-0.39, 0.29) is 12.6 Å². The highest BCUT2D eigenvalue weighted by Gasteiger charge is 2.15. The second-order valence-electron chi connectivity index (χ2n) is 5.17. The Bertz CT molecular complexity index is 835. The molecule has 3 aromatic rings. The van der Waals surface area contributed by atoms with Crippen LogP contribution in [0.5, 0.6) is 0 Å². The fraction of sp³-hybridized carbons (Fsp3) is 0.118. The van der Waals surface area contributed by atoms with E-state index in [0.717, 1.165) is 15.7 Å². The molecular weight excluding hydrogens is 372 g/mol. The highest BCUT2D eigenvalue weighted by atomic mass is 79.9. The van der Waals surface area contributed by atoms with Gasteiger partial charge < -0.3 is 14.7 Å². The van der Waals surface area contributed by atoms with E-state index in [1.165, 1.54) is 4.90 Å². The Morgan fingerprint density at radius 1 is 1.21 bits per heavy atom. The van der Waals surface area contributed by atoms with Crippen LogP contribution in [0.3, 0.4) is 0 Å². The van der Waals surface area contributed by atoms with Gasteiger partial charge in [-0.2, -0.15) is 4.98 Å². The number of para-hydroxylation sites is 1. The predicted octanol–water partition coefficient (Wildman–Crippen LogP) is 4.16. The highest BCUT2D eigenvalue weighted by molar-refractivity contribution is 9.10. The van der Waals surface area contributed by atoms with Crippen LogP contribution in [0.2, 0.25) is 0 Å². The second kappa shape index (κ2) is 7.27. The van der Waals surface area contributed by atoms with Crippen molar-refractivity contribution < 1.29 is 9.32 Å². The van der Waals surface area contributed by atoms with Gasteiger partial charge in [-0.05, 0) is 24.3 Å². The minimum atomic E-state index is -0.247. The van der Waals surface area contributed by atoms with Crippen molar-refractivity contribution in [3.63, 3.8) is 0 Å². The second-order valence-corrected chi connectivity index (χ2v) is 6.09. The van der Waals surface area contributed by atoms with Gasteiger partial charge in [-0.25, -0.2) is 4.79 Å². The molecule has 2 aromatic carbocycles. The monoisotopic (exact) mass is 386 g/mol. The van der Waals surface area contributed by atoms with Gasteiger partial charge in [0.2, 0.25) is 11.7 Å². The fourth-order valence-electron chi connectivity index (χ4n) is 2.08. The van der Waals surface area contributed by atoms with Crippen molar-refractivity contribution in [2.75, 3.05) is 12.4 Å². The van der Waals surface area contributed by atoms with Gasteiger partial charge in [0.15, 0.2) is 0 Å². The number of anilines is 1. The summed E-state index contributed by atoms with van der Waals surface area (Å²) in [5.74, 6) is 0.860. The maximum Gasteiger partial charge on any atom is 0.322 e. The number of urea groups is 1. The van der Waals surface area contributed by atoms with Crippen molar-refractivity contribution in [3.8, 4) is 11.4 Å². The Hall–Kier alpha value is -2.67. The average molecular weight is 387 g/mol. The van der Waals surface area contributed by atoms with E-state index in [2.05, 4.69) is 31.4 Å². The minimum absolute atomic E-state index is 0.222. The number of nitrogens with one attached hydrogen (secondary N) is 1. The van der Waals surface area contributed by atoms with Crippen LogP contribution in [-0.4, -0.2) is 28.1 Å². The topological polar surface area (TPSA) is 71.3 Å². The van der Waals surface area contributed by atoms with Gasteiger partial charge in [-0.15, -0.1) is 0 Å². The molecule has 0 aliphatic carbocycles. The summed E-state index contributed by atoms with van der Waals surface area (Å²) in [5.41, 5.74) is 1.57. The first-order valence-corrected chi connectivity index (χ1v) is 8.07. The zero-order valence-corrected chi connectivity index (χ0v) is 14.5. The average Bonchev–Trinajstić information content (AvgIpc) is 3.04. The molecule has 7 heteroatoms. The van der Waals surface area contributed by atoms with Gasteiger partial charge in [0.25, 0.3) is 0 Å². The largest absolute Gasteiger partial charge is 0.337 e. The summed E-state index contributed by atoms with van der Waals surface area (Å²) < 4.78 is 6.17. The van der Waals surface area contributed by atoms with E-state index in [0.29, 0.717) is 11.7 Å². The number of carbonyl (C=O) groups is 1. The molecule has 0 saturated carbocycles. The first-order valence-electron chi connectivity index (χ1n) is 7.27. The van der Waals surface area contributed by atoms with E-state index in [1.54, 1.807) is 7.05 Å². The van der Waals surface area contributed by atoms with Gasteiger partial charge in [0.1, 0.15) is 6.54 Å². The Morgan fingerprint density at radius 2 is 2.00 bits per heavy atom. The molecule has 0 atom stereocenters. The number of amides is 2. The van der Waals surface area contributed by atoms with Crippen LogP contribution in [0.1, 0.15) is 5.89 Å². The third kappa shape index (κ3) is 3.99. The number of carbonyl (C=O) groups excluding carboxylic acids is 1. The number of hydrogen-bond acceptors (Lipinski definition) is 4. The number of halogens is 1. The summed E-state index contributed by atoms with van der Waals surface area (Å²) >= 11 is 3.41. The maximum atomic E-state index is 12.2. The Morgan fingerprint density at radius 3 is 2.75 bits per heavy atom. The van der Waals surface area contributed by atoms with Gasteiger partial charge in [-0.1, -0.05) is 51.4 Å². The van der Waals surface area contributed by atoms with Crippen molar-refractivity contribution in [2.24, 2.45) is 0 Å². The number of nitrogens with zero attached hydrogens (tertiary/aromatic N) is 3. The lowest BCUT2D eigenvalue weighted by atomic mass is 10.2. The molecule has 0 bridgehead atoms. The van der Waals surface area contributed by atoms with Crippen molar-refractivity contribution in [3.05, 3.63) is 65.0 Å². The number of rotatable bonds is 4. The van der Waals surface area contributed by atoms with Crippen LogP contribution in [0.4, 0.5) is 10.5 Å². The van der Waals surface area contributed by atoms with Gasteiger partial charge in [0, 0.05) is 22.8 Å². The molecule has 0 fully saturated rings. The molecule has 0 radical (unpaired) electrons. The molecule has 2 amide bonds. The molecule has 1 heterocycles. The Labute approximate surface area is 147 Å². The van der Waals surface area contributed by atoms with Crippen LogP contribution >= 0.6 is 15.9 Å². The molecule has 6 nitrogen and oxygen atoms in total. The Kier molecular flexibility index (Phi) is 4.90. The van der Waals surface area contributed by atoms with E-state index in [4.69, 9.17) is 4.52 Å². The molecule has 1 aromatic heterocycles. The summed E-state index contributed by atoms with van der Waals surface area (Å²) in [7, 11) is 1.67. The molecule has 122 valence electrons. The number of aromatic nitrogens is 2. The zero-order valence-electron chi connectivity index (χ0n) is 12.9. The van der Waals surface area contributed by atoms with E-state index < -0.39 is 0 Å². The number of benzene rings is 2. The number of hydrogen-bond donors (Lipinski definition) is 1. The SMILES string of the molecule is CN(Cc1nc(-c2cccc(Br)c2)no1)C(=O)Nc1ccccc1. The summed E-state index contributed by atoms with van der Waals surface area (Å²) in [6, 6.07) is 16.6. The van der Waals surface area contributed by atoms with E-state index in [1.807, 2.05) is 54.6 Å². The molecule has 1 N–H and O–H groups in total. The van der Waals surface area contributed by atoms with Gasteiger partial charge in [0.05, 0.1) is 0 Å². The van der Waals surface area contributed by atoms with Crippen LogP contribution in [0, 0.1) is 0 Å². The smallest absolute Gasteiger partial charge is 0.322 e. The maximum absolute atomic E-state index is 12.2. The molecule has 0 aliphatic rings. The molecule has 0 unspecified atom stereocenters. The van der Waals surface area contributed by atoms with Gasteiger partial charge in [-0.3, -0.25) is 0 Å². The minimum Gasteiger partial charge on any atom is -0.337 e. The summed E-state index contributed by atoms with van der Waals surface area (Å²) in [4.78, 5) is 18.0. The van der Waals surface area contributed by atoms with Gasteiger partial charge >= 0.3 is 6.03 Å². The lowest BCUT2D eigenvalue weighted by molar-refractivity contribution is 0.213. The quantitative estimate of drug-likeness (QED) is 0.730.